The second-order valence-corrected chi connectivity index (χ2v) is 8.70. The number of sulfonamides is 1. The average molecular weight is 435 g/mol. The molecule has 1 aromatic heterocycles. The van der Waals surface area contributed by atoms with Crippen molar-refractivity contribution in [3.05, 3.63) is 53.9 Å². The number of benzene rings is 1. The topological polar surface area (TPSA) is 120 Å². The van der Waals surface area contributed by atoms with Crippen molar-refractivity contribution in [1.82, 2.24) is 25.0 Å². The molecule has 1 aliphatic rings. The molecule has 3 rings (SSSR count). The molecule has 30 heavy (non-hydrogen) atoms. The molecule has 0 bridgehead atoms. The number of nitrogens with zero attached hydrogens (tertiary/aromatic N) is 4. The molecule has 0 atom stereocenters. The van der Waals surface area contributed by atoms with Gasteiger partial charge in [-0.05, 0) is 12.1 Å². The van der Waals surface area contributed by atoms with E-state index < -0.39 is 10.0 Å². The number of guanidine groups is 1. The van der Waals surface area contributed by atoms with E-state index in [9.17, 15) is 13.2 Å². The van der Waals surface area contributed by atoms with Crippen LogP contribution in [0.5, 0.6) is 0 Å². The SMILES string of the molecule is CN=C(NCCNC(=O)c1ccccc1)N1CCN(S(=O)(=O)Cc2ccon2)CC1. The van der Waals surface area contributed by atoms with E-state index in [0.717, 1.165) is 0 Å². The Morgan fingerprint density at radius 2 is 1.80 bits per heavy atom. The first-order chi connectivity index (χ1) is 14.5. The zero-order valence-electron chi connectivity index (χ0n) is 16.8. The van der Waals surface area contributed by atoms with E-state index in [-0.39, 0.29) is 11.7 Å². The molecular formula is C19H26N6O4S. The smallest absolute Gasteiger partial charge is 0.251 e. The largest absolute Gasteiger partial charge is 0.364 e. The zero-order valence-corrected chi connectivity index (χ0v) is 17.6. The molecule has 1 amide bonds. The van der Waals surface area contributed by atoms with Crippen molar-refractivity contribution in [2.24, 2.45) is 4.99 Å². The minimum Gasteiger partial charge on any atom is -0.364 e. The Bertz CT molecular complexity index is 939. The number of aliphatic imine (C=N–C) groups is 1. The number of nitrogens with one attached hydrogen (secondary N) is 2. The summed E-state index contributed by atoms with van der Waals surface area (Å²) in [7, 11) is -1.76. The number of hydrogen-bond donors (Lipinski definition) is 2. The van der Waals surface area contributed by atoms with Crippen LogP contribution in [-0.4, -0.2) is 81.0 Å². The Kier molecular flexibility index (Phi) is 7.41. The van der Waals surface area contributed by atoms with Gasteiger partial charge in [-0.15, -0.1) is 0 Å². The highest BCUT2D eigenvalue weighted by Crippen LogP contribution is 2.12. The Morgan fingerprint density at radius 3 is 2.43 bits per heavy atom. The lowest BCUT2D eigenvalue weighted by molar-refractivity contribution is 0.0954. The van der Waals surface area contributed by atoms with Gasteiger partial charge in [0.2, 0.25) is 10.0 Å². The van der Waals surface area contributed by atoms with E-state index in [0.29, 0.717) is 56.5 Å². The predicted molar refractivity (Wildman–Crippen MR) is 112 cm³/mol. The Hall–Kier alpha value is -2.92. The van der Waals surface area contributed by atoms with E-state index in [4.69, 9.17) is 4.52 Å². The lowest BCUT2D eigenvalue weighted by atomic mass is 10.2. The second-order valence-electron chi connectivity index (χ2n) is 6.73. The van der Waals surface area contributed by atoms with Gasteiger partial charge in [-0.2, -0.15) is 4.31 Å². The van der Waals surface area contributed by atoms with Crippen molar-refractivity contribution >= 4 is 21.9 Å². The molecule has 2 aromatic rings. The monoisotopic (exact) mass is 434 g/mol. The summed E-state index contributed by atoms with van der Waals surface area (Å²) in [4.78, 5) is 18.3. The van der Waals surface area contributed by atoms with Crippen LogP contribution < -0.4 is 10.6 Å². The summed E-state index contributed by atoms with van der Waals surface area (Å²) >= 11 is 0. The van der Waals surface area contributed by atoms with Crippen LogP contribution in [0.25, 0.3) is 0 Å². The molecule has 0 radical (unpaired) electrons. The van der Waals surface area contributed by atoms with Crippen LogP contribution in [-0.2, 0) is 15.8 Å². The molecule has 1 saturated heterocycles. The van der Waals surface area contributed by atoms with E-state index in [2.05, 4.69) is 20.8 Å². The Labute approximate surface area is 176 Å². The van der Waals surface area contributed by atoms with Gasteiger partial charge in [0.15, 0.2) is 5.96 Å². The number of carbonyl (C=O) groups excluding carboxylic acids is 1. The molecule has 0 spiro atoms. The van der Waals surface area contributed by atoms with Gasteiger partial charge in [0.25, 0.3) is 5.91 Å². The van der Waals surface area contributed by atoms with Crippen molar-refractivity contribution in [1.29, 1.82) is 0 Å². The van der Waals surface area contributed by atoms with Crippen molar-refractivity contribution < 1.29 is 17.7 Å². The quantitative estimate of drug-likeness (QED) is 0.361. The van der Waals surface area contributed by atoms with E-state index in [1.807, 2.05) is 23.1 Å². The summed E-state index contributed by atoms with van der Waals surface area (Å²) in [6.45, 7) is 2.73. The highest BCUT2D eigenvalue weighted by molar-refractivity contribution is 7.88. The van der Waals surface area contributed by atoms with E-state index in [1.54, 1.807) is 25.2 Å². The minimum absolute atomic E-state index is 0.127. The highest BCUT2D eigenvalue weighted by atomic mass is 32.2. The van der Waals surface area contributed by atoms with Crippen molar-refractivity contribution in [2.45, 2.75) is 5.75 Å². The number of aromatic nitrogens is 1. The molecule has 1 aromatic carbocycles. The second kappa shape index (κ2) is 10.2. The van der Waals surface area contributed by atoms with Gasteiger partial charge in [0.05, 0.1) is 5.69 Å². The molecule has 2 N–H and O–H groups in total. The third-order valence-electron chi connectivity index (χ3n) is 4.69. The maximum atomic E-state index is 12.5. The van der Waals surface area contributed by atoms with Crippen LogP contribution in [0.15, 0.2) is 52.2 Å². The van der Waals surface area contributed by atoms with Crippen LogP contribution >= 0.6 is 0 Å². The lowest BCUT2D eigenvalue weighted by Gasteiger charge is -2.35. The summed E-state index contributed by atoms with van der Waals surface area (Å²) in [5.74, 6) is 0.383. The summed E-state index contributed by atoms with van der Waals surface area (Å²) < 4.78 is 31.2. The molecule has 0 saturated carbocycles. The van der Waals surface area contributed by atoms with Crippen LogP contribution in [0.4, 0.5) is 0 Å². The molecule has 2 heterocycles. The summed E-state index contributed by atoms with van der Waals surface area (Å²) in [5.41, 5.74) is 1.01. The van der Waals surface area contributed by atoms with Gasteiger partial charge in [0, 0.05) is 57.9 Å². The molecular weight excluding hydrogens is 408 g/mol. The van der Waals surface area contributed by atoms with Crippen molar-refractivity contribution in [2.75, 3.05) is 46.3 Å². The molecule has 11 heteroatoms. The highest BCUT2D eigenvalue weighted by Gasteiger charge is 2.28. The predicted octanol–water partition coefficient (Wildman–Crippen LogP) is 0.127. The van der Waals surface area contributed by atoms with Gasteiger partial charge in [-0.1, -0.05) is 23.4 Å². The minimum atomic E-state index is -3.44. The van der Waals surface area contributed by atoms with Gasteiger partial charge < -0.3 is 20.1 Å². The summed E-state index contributed by atoms with van der Waals surface area (Å²) in [6, 6.07) is 10.6. The first-order valence-corrected chi connectivity index (χ1v) is 11.3. The van der Waals surface area contributed by atoms with Crippen LogP contribution in [0.3, 0.4) is 0 Å². The van der Waals surface area contributed by atoms with Crippen LogP contribution in [0.1, 0.15) is 16.1 Å². The molecule has 1 fully saturated rings. The maximum Gasteiger partial charge on any atom is 0.251 e. The average Bonchev–Trinajstić information content (AvgIpc) is 3.27. The Morgan fingerprint density at radius 1 is 1.10 bits per heavy atom. The van der Waals surface area contributed by atoms with Crippen molar-refractivity contribution in [3.63, 3.8) is 0 Å². The first kappa shape index (κ1) is 21.8. The third kappa shape index (κ3) is 5.80. The molecule has 0 unspecified atom stereocenters. The third-order valence-corrected chi connectivity index (χ3v) is 6.51. The van der Waals surface area contributed by atoms with Crippen LogP contribution in [0, 0.1) is 0 Å². The molecule has 10 nitrogen and oxygen atoms in total. The Balaban J connectivity index is 1.42. The number of amides is 1. The van der Waals surface area contributed by atoms with Gasteiger partial charge in [0.1, 0.15) is 12.0 Å². The van der Waals surface area contributed by atoms with Crippen LogP contribution in [0.2, 0.25) is 0 Å². The molecule has 162 valence electrons. The number of hydrogen-bond acceptors (Lipinski definition) is 6. The van der Waals surface area contributed by atoms with Gasteiger partial charge in [-0.3, -0.25) is 9.79 Å². The zero-order chi connectivity index (χ0) is 21.4. The van der Waals surface area contributed by atoms with E-state index >= 15 is 0 Å². The number of carbonyl (C=O) groups is 1. The van der Waals surface area contributed by atoms with Gasteiger partial charge >= 0.3 is 0 Å². The first-order valence-electron chi connectivity index (χ1n) is 9.65. The fourth-order valence-corrected chi connectivity index (χ4v) is 4.57. The standard InChI is InChI=1S/C19H26N6O4S/c1-20-19(22-9-8-21-18(26)16-5-3-2-4-6-16)24-10-12-25(13-11-24)30(27,28)15-17-7-14-29-23-17/h2-7,14H,8-13,15H2,1H3,(H,20,22)(H,21,26). The molecule has 0 aliphatic carbocycles. The maximum absolute atomic E-state index is 12.5. The lowest BCUT2D eigenvalue weighted by Crippen LogP contribution is -2.54. The van der Waals surface area contributed by atoms with Crippen molar-refractivity contribution in [3.8, 4) is 0 Å². The number of rotatable bonds is 7. The van der Waals surface area contributed by atoms with Gasteiger partial charge in [-0.25, -0.2) is 8.42 Å². The summed E-state index contributed by atoms with van der Waals surface area (Å²) in [5, 5.41) is 9.74. The fraction of sp³-hybridized carbons (Fsp3) is 0.421. The van der Waals surface area contributed by atoms with E-state index in [1.165, 1.54) is 10.6 Å². The normalized spacial score (nSPS) is 15.8. The fourth-order valence-electron chi connectivity index (χ4n) is 3.14. The molecule has 1 aliphatic heterocycles. The summed E-state index contributed by atoms with van der Waals surface area (Å²) in [6.07, 6.45) is 1.36. The number of piperazine rings is 1.